The summed E-state index contributed by atoms with van der Waals surface area (Å²) in [5.74, 6) is 0.994. The summed E-state index contributed by atoms with van der Waals surface area (Å²) < 4.78 is 0. The molecule has 2 heteroatoms. The van der Waals surface area contributed by atoms with Crippen molar-refractivity contribution in [3.63, 3.8) is 0 Å². The molecule has 0 N–H and O–H groups in total. The first kappa shape index (κ1) is 9.20. The van der Waals surface area contributed by atoms with Crippen molar-refractivity contribution < 1.29 is 4.79 Å². The molecule has 1 amide bonds. The third-order valence-corrected chi connectivity index (χ3v) is 3.99. The SMILES string of the molecule is CC12C=CC(N3CCCCC3=O)=CC1C2. The van der Waals surface area contributed by atoms with E-state index in [0.29, 0.717) is 17.2 Å². The van der Waals surface area contributed by atoms with Crippen LogP contribution in [0.5, 0.6) is 0 Å². The average Bonchev–Trinajstić information content (AvgIpc) is 2.89. The van der Waals surface area contributed by atoms with Crippen molar-refractivity contribution in [1.29, 1.82) is 0 Å². The number of likely N-dealkylation sites (tertiary alicyclic amines) is 1. The number of hydrogen-bond acceptors (Lipinski definition) is 1. The van der Waals surface area contributed by atoms with Gasteiger partial charge in [-0.3, -0.25) is 4.79 Å². The van der Waals surface area contributed by atoms with Crippen molar-refractivity contribution >= 4 is 5.91 Å². The molecule has 3 rings (SSSR count). The highest BCUT2D eigenvalue weighted by atomic mass is 16.2. The maximum absolute atomic E-state index is 11.7. The van der Waals surface area contributed by atoms with Crippen LogP contribution in [0, 0.1) is 11.3 Å². The standard InChI is InChI=1S/C13H17NO/c1-13-6-5-11(8-10(13)9-13)14-7-3-2-4-12(14)15/h5-6,8,10H,2-4,7,9H2,1H3. The zero-order chi connectivity index (χ0) is 10.5. The van der Waals surface area contributed by atoms with Crippen LogP contribution in [0.2, 0.25) is 0 Å². The van der Waals surface area contributed by atoms with Crippen LogP contribution in [0.1, 0.15) is 32.6 Å². The number of amides is 1. The summed E-state index contributed by atoms with van der Waals surface area (Å²) in [6.45, 7) is 3.21. The van der Waals surface area contributed by atoms with Gasteiger partial charge in [0.05, 0.1) is 0 Å². The minimum atomic E-state index is 0.307. The van der Waals surface area contributed by atoms with Crippen LogP contribution < -0.4 is 0 Å². The monoisotopic (exact) mass is 203 g/mol. The van der Waals surface area contributed by atoms with Gasteiger partial charge in [0.25, 0.3) is 0 Å². The van der Waals surface area contributed by atoms with E-state index in [1.807, 2.05) is 4.90 Å². The molecule has 15 heavy (non-hydrogen) atoms. The van der Waals surface area contributed by atoms with Crippen molar-refractivity contribution in [2.45, 2.75) is 32.6 Å². The van der Waals surface area contributed by atoms with Crippen LogP contribution in [-0.4, -0.2) is 17.4 Å². The third-order valence-electron chi connectivity index (χ3n) is 3.99. The van der Waals surface area contributed by atoms with Gasteiger partial charge in [0.2, 0.25) is 5.91 Å². The zero-order valence-corrected chi connectivity index (χ0v) is 9.20. The van der Waals surface area contributed by atoms with E-state index in [1.54, 1.807) is 0 Å². The van der Waals surface area contributed by atoms with Gasteiger partial charge in [-0.25, -0.2) is 0 Å². The molecule has 3 aliphatic rings. The van der Waals surface area contributed by atoms with Gasteiger partial charge in [-0.15, -0.1) is 0 Å². The molecule has 2 fully saturated rings. The normalized spacial score (nSPS) is 38.7. The van der Waals surface area contributed by atoms with E-state index in [2.05, 4.69) is 25.2 Å². The Labute approximate surface area is 90.6 Å². The number of carbonyl (C=O) groups is 1. The second-order valence-corrected chi connectivity index (χ2v) is 5.24. The lowest BCUT2D eigenvalue weighted by Gasteiger charge is -2.29. The van der Waals surface area contributed by atoms with Crippen molar-refractivity contribution in [2.24, 2.45) is 11.3 Å². The lowest BCUT2D eigenvalue weighted by atomic mass is 9.99. The average molecular weight is 203 g/mol. The number of rotatable bonds is 1. The first-order valence-corrected chi connectivity index (χ1v) is 5.90. The summed E-state index contributed by atoms with van der Waals surface area (Å²) in [6, 6.07) is 0. The maximum atomic E-state index is 11.7. The summed E-state index contributed by atoms with van der Waals surface area (Å²) in [7, 11) is 0. The number of fused-ring (bicyclic) bond motifs is 1. The fourth-order valence-corrected chi connectivity index (χ4v) is 2.65. The van der Waals surface area contributed by atoms with Gasteiger partial charge in [0.1, 0.15) is 0 Å². The Kier molecular flexibility index (Phi) is 1.82. The molecule has 2 unspecified atom stereocenters. The summed E-state index contributed by atoms with van der Waals surface area (Å²) in [5, 5.41) is 0. The first-order valence-electron chi connectivity index (χ1n) is 5.90. The van der Waals surface area contributed by atoms with Crippen molar-refractivity contribution in [1.82, 2.24) is 4.90 Å². The van der Waals surface area contributed by atoms with Gasteiger partial charge >= 0.3 is 0 Å². The van der Waals surface area contributed by atoms with Gasteiger partial charge < -0.3 is 4.90 Å². The molecule has 1 aliphatic heterocycles. The Morgan fingerprint density at radius 3 is 3.07 bits per heavy atom. The second-order valence-electron chi connectivity index (χ2n) is 5.24. The Morgan fingerprint density at radius 2 is 2.33 bits per heavy atom. The van der Waals surface area contributed by atoms with Gasteiger partial charge in [0, 0.05) is 18.7 Å². The minimum absolute atomic E-state index is 0.307. The molecule has 2 atom stereocenters. The molecule has 2 nitrogen and oxygen atoms in total. The molecule has 0 radical (unpaired) electrons. The molecule has 0 aromatic heterocycles. The van der Waals surface area contributed by atoms with E-state index in [0.717, 1.165) is 31.5 Å². The van der Waals surface area contributed by atoms with Crippen molar-refractivity contribution in [3.05, 3.63) is 23.9 Å². The van der Waals surface area contributed by atoms with Crippen molar-refractivity contribution in [3.8, 4) is 0 Å². The summed E-state index contributed by atoms with van der Waals surface area (Å²) in [4.78, 5) is 13.7. The molecule has 80 valence electrons. The molecular weight excluding hydrogens is 186 g/mol. The summed E-state index contributed by atoms with van der Waals surface area (Å²) in [6.07, 6.45) is 10.9. The molecule has 1 heterocycles. The van der Waals surface area contributed by atoms with Crippen LogP contribution in [0.3, 0.4) is 0 Å². The predicted octanol–water partition coefficient (Wildman–Crippen LogP) is 2.48. The van der Waals surface area contributed by atoms with E-state index in [4.69, 9.17) is 0 Å². The van der Waals surface area contributed by atoms with Gasteiger partial charge in [-0.1, -0.05) is 19.1 Å². The van der Waals surface area contributed by atoms with E-state index < -0.39 is 0 Å². The Hall–Kier alpha value is -1.05. The van der Waals surface area contributed by atoms with Crippen molar-refractivity contribution in [2.75, 3.05) is 6.54 Å². The highest BCUT2D eigenvalue weighted by molar-refractivity contribution is 5.79. The minimum Gasteiger partial charge on any atom is -0.313 e. The van der Waals surface area contributed by atoms with Gasteiger partial charge in [-0.2, -0.15) is 0 Å². The quantitative estimate of drug-likeness (QED) is 0.641. The number of hydrogen-bond donors (Lipinski definition) is 0. The largest absolute Gasteiger partial charge is 0.313 e. The van der Waals surface area contributed by atoms with E-state index in [-0.39, 0.29) is 0 Å². The molecule has 0 aromatic rings. The molecule has 0 aromatic carbocycles. The number of nitrogens with zero attached hydrogens (tertiary/aromatic N) is 1. The van der Waals surface area contributed by atoms with Crippen LogP contribution >= 0.6 is 0 Å². The topological polar surface area (TPSA) is 20.3 Å². The van der Waals surface area contributed by atoms with Gasteiger partial charge in [-0.05, 0) is 36.7 Å². The highest BCUT2D eigenvalue weighted by Crippen LogP contribution is 2.56. The fraction of sp³-hybridized carbons (Fsp3) is 0.615. The maximum Gasteiger partial charge on any atom is 0.226 e. The molecule has 0 spiro atoms. The Morgan fingerprint density at radius 1 is 1.47 bits per heavy atom. The Bertz CT molecular complexity index is 369. The number of carbonyl (C=O) groups excluding carboxylic acids is 1. The summed E-state index contributed by atoms with van der Waals surface area (Å²) in [5.41, 5.74) is 1.57. The zero-order valence-electron chi connectivity index (χ0n) is 9.20. The smallest absolute Gasteiger partial charge is 0.226 e. The molecule has 1 saturated heterocycles. The number of piperidine rings is 1. The van der Waals surface area contributed by atoms with Gasteiger partial charge in [0.15, 0.2) is 0 Å². The Balaban J connectivity index is 1.81. The molecule has 2 aliphatic carbocycles. The summed E-state index contributed by atoms with van der Waals surface area (Å²) >= 11 is 0. The van der Waals surface area contributed by atoms with Crippen LogP contribution in [0.15, 0.2) is 23.9 Å². The van der Waals surface area contributed by atoms with E-state index in [1.165, 1.54) is 6.42 Å². The van der Waals surface area contributed by atoms with E-state index in [9.17, 15) is 4.79 Å². The highest BCUT2D eigenvalue weighted by Gasteiger charge is 2.48. The van der Waals surface area contributed by atoms with Crippen LogP contribution in [0.4, 0.5) is 0 Å². The molecule has 1 saturated carbocycles. The lowest BCUT2D eigenvalue weighted by Crippen LogP contribution is -2.34. The molecular formula is C13H17NO. The van der Waals surface area contributed by atoms with E-state index >= 15 is 0 Å². The third kappa shape index (κ3) is 1.43. The second kappa shape index (κ2) is 2.97. The predicted molar refractivity (Wildman–Crippen MR) is 59.0 cm³/mol. The van der Waals surface area contributed by atoms with Crippen LogP contribution in [0.25, 0.3) is 0 Å². The lowest BCUT2D eigenvalue weighted by molar-refractivity contribution is -0.130. The first-order chi connectivity index (χ1) is 7.19. The van der Waals surface area contributed by atoms with Crippen LogP contribution in [-0.2, 0) is 4.79 Å². The fourth-order valence-electron chi connectivity index (χ4n) is 2.65. The number of allylic oxidation sites excluding steroid dienone is 3. The molecule has 0 bridgehead atoms.